The van der Waals surface area contributed by atoms with E-state index in [1.54, 1.807) is 18.7 Å². The van der Waals surface area contributed by atoms with E-state index in [4.69, 9.17) is 4.74 Å². The van der Waals surface area contributed by atoms with E-state index < -0.39 is 12.0 Å². The van der Waals surface area contributed by atoms with Gasteiger partial charge in [0.2, 0.25) is 6.04 Å². The first-order valence-corrected chi connectivity index (χ1v) is 8.83. The highest BCUT2D eigenvalue weighted by Crippen LogP contribution is 2.41. The standard InChI is InChI=1S/C17H23NO4S/c1-4-22-17(19)14-10-15(18(20)21)12(3)9-16(14)23-13-7-5-11(2)6-8-13/h5-8,12,14-16H,4,9-10H2,1-3H3/t12-,14?,15+,16?/m0/s1. The molecular formula is C17H23NO4S. The first-order valence-electron chi connectivity index (χ1n) is 7.95. The summed E-state index contributed by atoms with van der Waals surface area (Å²) in [7, 11) is 0. The number of rotatable bonds is 5. The van der Waals surface area contributed by atoms with Crippen molar-refractivity contribution in [3.63, 3.8) is 0 Å². The molecule has 5 nitrogen and oxygen atoms in total. The van der Waals surface area contributed by atoms with Crippen molar-refractivity contribution in [2.24, 2.45) is 11.8 Å². The van der Waals surface area contributed by atoms with Crippen LogP contribution in [-0.4, -0.2) is 28.8 Å². The lowest BCUT2D eigenvalue weighted by Gasteiger charge is -2.34. The van der Waals surface area contributed by atoms with Crippen LogP contribution in [-0.2, 0) is 9.53 Å². The lowest BCUT2D eigenvalue weighted by atomic mass is 9.79. The van der Waals surface area contributed by atoms with Crippen molar-refractivity contribution in [1.82, 2.24) is 0 Å². The van der Waals surface area contributed by atoms with Crippen LogP contribution < -0.4 is 0 Å². The average Bonchev–Trinajstić information content (AvgIpc) is 2.49. The lowest BCUT2D eigenvalue weighted by molar-refractivity contribution is -0.535. The Labute approximate surface area is 140 Å². The van der Waals surface area contributed by atoms with Crippen LogP contribution in [0.15, 0.2) is 29.2 Å². The van der Waals surface area contributed by atoms with E-state index >= 15 is 0 Å². The van der Waals surface area contributed by atoms with Gasteiger partial charge in [0.25, 0.3) is 0 Å². The van der Waals surface area contributed by atoms with Crippen LogP contribution in [0.4, 0.5) is 0 Å². The molecule has 1 aliphatic rings. The molecule has 126 valence electrons. The van der Waals surface area contributed by atoms with E-state index in [-0.39, 0.29) is 28.5 Å². The third-order valence-corrected chi connectivity index (χ3v) is 5.74. The molecule has 2 rings (SSSR count). The van der Waals surface area contributed by atoms with Crippen molar-refractivity contribution in [2.75, 3.05) is 6.61 Å². The highest BCUT2D eigenvalue weighted by atomic mass is 32.2. The van der Waals surface area contributed by atoms with Crippen molar-refractivity contribution in [3.05, 3.63) is 39.9 Å². The van der Waals surface area contributed by atoms with Crippen LogP contribution in [0.5, 0.6) is 0 Å². The van der Waals surface area contributed by atoms with Gasteiger partial charge in [-0.25, -0.2) is 0 Å². The number of ether oxygens (including phenoxy) is 1. The molecule has 0 saturated heterocycles. The summed E-state index contributed by atoms with van der Waals surface area (Å²) in [6.07, 6.45) is 0.907. The van der Waals surface area contributed by atoms with Gasteiger partial charge < -0.3 is 4.74 Å². The van der Waals surface area contributed by atoms with E-state index in [1.807, 2.05) is 38.1 Å². The number of hydrogen-bond donors (Lipinski definition) is 0. The Morgan fingerprint density at radius 3 is 2.57 bits per heavy atom. The largest absolute Gasteiger partial charge is 0.466 e. The number of carbonyl (C=O) groups excluding carboxylic acids is 1. The van der Waals surface area contributed by atoms with E-state index in [9.17, 15) is 14.9 Å². The summed E-state index contributed by atoms with van der Waals surface area (Å²) >= 11 is 1.63. The zero-order chi connectivity index (χ0) is 17.0. The topological polar surface area (TPSA) is 69.4 Å². The predicted octanol–water partition coefficient (Wildman–Crippen LogP) is 3.71. The van der Waals surface area contributed by atoms with Gasteiger partial charge >= 0.3 is 5.97 Å². The second-order valence-corrected chi connectivity index (χ2v) is 7.44. The van der Waals surface area contributed by atoms with Gasteiger partial charge in [-0.15, -0.1) is 11.8 Å². The van der Waals surface area contributed by atoms with Gasteiger partial charge in [-0.3, -0.25) is 14.9 Å². The van der Waals surface area contributed by atoms with Gasteiger partial charge in [-0.05, 0) is 32.4 Å². The molecule has 0 N–H and O–H groups in total. The molecule has 1 fully saturated rings. The van der Waals surface area contributed by atoms with Crippen LogP contribution in [0, 0.1) is 28.9 Å². The zero-order valence-electron chi connectivity index (χ0n) is 13.7. The zero-order valence-corrected chi connectivity index (χ0v) is 14.5. The number of esters is 1. The van der Waals surface area contributed by atoms with E-state index in [0.717, 1.165) is 4.90 Å². The Morgan fingerprint density at radius 1 is 1.35 bits per heavy atom. The Morgan fingerprint density at radius 2 is 2.00 bits per heavy atom. The van der Waals surface area contributed by atoms with Gasteiger partial charge in [0.15, 0.2) is 0 Å². The van der Waals surface area contributed by atoms with Crippen molar-refractivity contribution in [3.8, 4) is 0 Å². The molecule has 6 heteroatoms. The summed E-state index contributed by atoms with van der Waals surface area (Å²) in [5.41, 5.74) is 1.18. The van der Waals surface area contributed by atoms with Gasteiger partial charge in [-0.2, -0.15) is 0 Å². The maximum Gasteiger partial charge on any atom is 0.310 e. The molecule has 1 saturated carbocycles. The first-order chi connectivity index (χ1) is 10.9. The minimum atomic E-state index is -0.667. The Balaban J connectivity index is 2.17. The Bertz CT molecular complexity index is 560. The highest BCUT2D eigenvalue weighted by Gasteiger charge is 2.45. The van der Waals surface area contributed by atoms with Gasteiger partial charge in [0.05, 0.1) is 12.5 Å². The number of thioether (sulfide) groups is 1. The van der Waals surface area contributed by atoms with Gasteiger partial charge in [-0.1, -0.05) is 24.6 Å². The molecule has 0 aliphatic heterocycles. The highest BCUT2D eigenvalue weighted by molar-refractivity contribution is 8.00. The third-order valence-electron chi connectivity index (χ3n) is 4.37. The number of aryl methyl sites for hydroxylation is 1. The van der Waals surface area contributed by atoms with Gasteiger partial charge in [0, 0.05) is 27.4 Å². The van der Waals surface area contributed by atoms with Crippen molar-refractivity contribution in [1.29, 1.82) is 0 Å². The fourth-order valence-electron chi connectivity index (χ4n) is 3.05. The van der Waals surface area contributed by atoms with Crippen LogP contribution >= 0.6 is 11.8 Å². The van der Waals surface area contributed by atoms with Crippen LogP contribution in [0.3, 0.4) is 0 Å². The molecule has 0 aromatic heterocycles. The predicted molar refractivity (Wildman–Crippen MR) is 90.1 cm³/mol. The molecule has 0 radical (unpaired) electrons. The molecule has 1 aliphatic carbocycles. The summed E-state index contributed by atoms with van der Waals surface area (Å²) in [5.74, 6) is -0.776. The summed E-state index contributed by atoms with van der Waals surface area (Å²) in [5, 5.41) is 11.3. The lowest BCUT2D eigenvalue weighted by Crippen LogP contribution is -2.43. The maximum absolute atomic E-state index is 12.3. The summed E-state index contributed by atoms with van der Waals surface area (Å²) in [6.45, 7) is 5.99. The van der Waals surface area contributed by atoms with E-state index in [1.165, 1.54) is 5.56 Å². The fraction of sp³-hybridized carbons (Fsp3) is 0.588. The van der Waals surface area contributed by atoms with Crippen molar-refractivity contribution >= 4 is 17.7 Å². The number of hydrogen-bond acceptors (Lipinski definition) is 5. The molecule has 0 bridgehead atoms. The minimum Gasteiger partial charge on any atom is -0.466 e. The summed E-state index contributed by atoms with van der Waals surface area (Å²) in [4.78, 5) is 24.3. The van der Waals surface area contributed by atoms with E-state index in [2.05, 4.69) is 0 Å². The number of benzene rings is 1. The molecule has 23 heavy (non-hydrogen) atoms. The molecule has 1 aromatic carbocycles. The van der Waals surface area contributed by atoms with Crippen LogP contribution in [0.25, 0.3) is 0 Å². The molecule has 0 spiro atoms. The monoisotopic (exact) mass is 337 g/mol. The summed E-state index contributed by atoms with van der Waals surface area (Å²) in [6, 6.07) is 7.47. The molecule has 0 heterocycles. The fourth-order valence-corrected chi connectivity index (χ4v) is 4.47. The first kappa shape index (κ1) is 17.8. The number of carbonyl (C=O) groups is 1. The second kappa shape index (κ2) is 7.81. The molecule has 0 amide bonds. The second-order valence-electron chi connectivity index (χ2n) is 6.13. The number of nitro groups is 1. The van der Waals surface area contributed by atoms with Crippen LogP contribution in [0.1, 0.15) is 32.3 Å². The molecule has 2 unspecified atom stereocenters. The average molecular weight is 337 g/mol. The van der Waals surface area contributed by atoms with Crippen LogP contribution in [0.2, 0.25) is 0 Å². The normalized spacial score (nSPS) is 27.4. The molecule has 1 aromatic rings. The van der Waals surface area contributed by atoms with Crippen molar-refractivity contribution < 1.29 is 14.5 Å². The number of nitrogens with zero attached hydrogens (tertiary/aromatic N) is 1. The van der Waals surface area contributed by atoms with E-state index in [0.29, 0.717) is 13.0 Å². The molecule has 4 atom stereocenters. The van der Waals surface area contributed by atoms with Crippen molar-refractivity contribution in [2.45, 2.75) is 49.8 Å². The Kier molecular flexibility index (Phi) is 6.04. The SMILES string of the molecule is CCOC(=O)C1C[C@@H]([N+](=O)[O-])[C@@H](C)CC1Sc1ccc(C)cc1. The van der Waals surface area contributed by atoms with Gasteiger partial charge in [0.1, 0.15) is 0 Å². The third kappa shape index (κ3) is 4.47. The Hall–Kier alpha value is -1.56. The maximum atomic E-state index is 12.3. The molecular weight excluding hydrogens is 314 g/mol. The smallest absolute Gasteiger partial charge is 0.310 e. The summed E-state index contributed by atoms with van der Waals surface area (Å²) < 4.78 is 5.16. The quantitative estimate of drug-likeness (QED) is 0.465. The minimum absolute atomic E-state index is 0.0166.